The molecule has 2 aromatic rings. The molecular weight excluding hydrogens is 262 g/mol. The molecule has 0 spiro atoms. The predicted octanol–water partition coefficient (Wildman–Crippen LogP) is 2.63. The van der Waals surface area contributed by atoms with Crippen molar-refractivity contribution in [2.24, 2.45) is 0 Å². The number of nitrogens with zero attached hydrogens (tertiary/aromatic N) is 3. The molecule has 1 aliphatic heterocycles. The normalized spacial score (nSPS) is 18.0. The van der Waals surface area contributed by atoms with Crippen LogP contribution >= 0.6 is 0 Å². The van der Waals surface area contributed by atoms with Gasteiger partial charge in [-0.2, -0.15) is 0 Å². The van der Waals surface area contributed by atoms with Crippen molar-refractivity contribution in [1.82, 2.24) is 14.9 Å². The van der Waals surface area contributed by atoms with Crippen LogP contribution in [0, 0.1) is 6.92 Å². The Morgan fingerprint density at radius 1 is 1.24 bits per heavy atom. The minimum absolute atomic E-state index is 0.000862. The predicted molar refractivity (Wildman–Crippen MR) is 81.0 cm³/mol. The van der Waals surface area contributed by atoms with Gasteiger partial charge in [-0.25, -0.2) is 4.98 Å². The van der Waals surface area contributed by atoms with Crippen LogP contribution < -0.4 is 0 Å². The molecule has 0 bridgehead atoms. The van der Waals surface area contributed by atoms with Crippen molar-refractivity contribution in [2.75, 3.05) is 6.54 Å². The zero-order chi connectivity index (χ0) is 14.7. The minimum atomic E-state index is 0.000862. The highest BCUT2D eigenvalue weighted by Crippen LogP contribution is 2.22. The quantitative estimate of drug-likeness (QED) is 0.869. The molecule has 1 saturated heterocycles. The van der Waals surface area contributed by atoms with E-state index in [0.717, 1.165) is 31.5 Å². The van der Waals surface area contributed by atoms with Crippen molar-refractivity contribution in [3.63, 3.8) is 0 Å². The van der Waals surface area contributed by atoms with Gasteiger partial charge in [0.1, 0.15) is 5.69 Å². The monoisotopic (exact) mass is 281 g/mol. The third-order valence-corrected chi connectivity index (χ3v) is 3.95. The van der Waals surface area contributed by atoms with Crippen molar-refractivity contribution in [3.05, 3.63) is 59.7 Å². The summed E-state index contributed by atoms with van der Waals surface area (Å²) in [5, 5.41) is 0. The van der Waals surface area contributed by atoms with Gasteiger partial charge in [0.15, 0.2) is 0 Å². The van der Waals surface area contributed by atoms with Crippen LogP contribution in [0.2, 0.25) is 0 Å². The molecule has 0 aliphatic carbocycles. The van der Waals surface area contributed by atoms with Gasteiger partial charge in [0.25, 0.3) is 5.91 Å². The zero-order valence-corrected chi connectivity index (χ0v) is 12.2. The third kappa shape index (κ3) is 3.10. The Balaban J connectivity index is 1.74. The van der Waals surface area contributed by atoms with E-state index in [2.05, 4.69) is 22.1 Å². The van der Waals surface area contributed by atoms with E-state index in [1.165, 1.54) is 5.56 Å². The van der Waals surface area contributed by atoms with Crippen LogP contribution in [0.15, 0.2) is 42.7 Å². The first kappa shape index (κ1) is 13.7. The van der Waals surface area contributed by atoms with Crippen LogP contribution in [0.1, 0.15) is 34.6 Å². The van der Waals surface area contributed by atoms with Gasteiger partial charge in [0, 0.05) is 18.8 Å². The number of rotatable bonds is 3. The second-order valence-corrected chi connectivity index (χ2v) is 5.53. The fourth-order valence-electron chi connectivity index (χ4n) is 2.85. The molecule has 4 nitrogen and oxygen atoms in total. The second kappa shape index (κ2) is 6.04. The van der Waals surface area contributed by atoms with Gasteiger partial charge >= 0.3 is 0 Å². The Labute approximate surface area is 124 Å². The smallest absolute Gasteiger partial charge is 0.274 e. The van der Waals surface area contributed by atoms with Gasteiger partial charge in [-0.15, -0.1) is 0 Å². The van der Waals surface area contributed by atoms with Crippen LogP contribution in [0.25, 0.3) is 0 Å². The van der Waals surface area contributed by atoms with Crippen molar-refractivity contribution in [2.45, 2.75) is 32.2 Å². The summed E-state index contributed by atoms with van der Waals surface area (Å²) >= 11 is 0. The molecule has 1 aromatic heterocycles. The van der Waals surface area contributed by atoms with Crippen LogP contribution in [0.4, 0.5) is 0 Å². The largest absolute Gasteiger partial charge is 0.334 e. The minimum Gasteiger partial charge on any atom is -0.334 e. The molecule has 1 fully saturated rings. The first-order chi connectivity index (χ1) is 10.2. The Hall–Kier alpha value is -2.23. The van der Waals surface area contributed by atoms with Gasteiger partial charge in [0.2, 0.25) is 0 Å². The molecule has 1 aliphatic rings. The van der Waals surface area contributed by atoms with Crippen LogP contribution in [-0.2, 0) is 6.42 Å². The van der Waals surface area contributed by atoms with E-state index in [9.17, 15) is 4.79 Å². The lowest BCUT2D eigenvalue weighted by Crippen LogP contribution is -2.37. The first-order valence-electron chi connectivity index (χ1n) is 7.37. The summed E-state index contributed by atoms with van der Waals surface area (Å²) in [6.45, 7) is 2.68. The van der Waals surface area contributed by atoms with Crippen LogP contribution in [0.3, 0.4) is 0 Å². The summed E-state index contributed by atoms with van der Waals surface area (Å²) in [6.07, 6.45) is 6.25. The maximum atomic E-state index is 12.6. The number of benzene rings is 1. The molecule has 1 aromatic carbocycles. The maximum Gasteiger partial charge on any atom is 0.274 e. The van der Waals surface area contributed by atoms with Crippen LogP contribution in [0.5, 0.6) is 0 Å². The fourth-order valence-corrected chi connectivity index (χ4v) is 2.85. The van der Waals surface area contributed by atoms with Gasteiger partial charge < -0.3 is 4.90 Å². The molecule has 3 rings (SSSR count). The molecule has 2 heterocycles. The first-order valence-corrected chi connectivity index (χ1v) is 7.37. The summed E-state index contributed by atoms with van der Waals surface area (Å²) in [4.78, 5) is 22.9. The van der Waals surface area contributed by atoms with E-state index < -0.39 is 0 Å². The van der Waals surface area contributed by atoms with E-state index in [-0.39, 0.29) is 11.9 Å². The standard InChI is InChI=1S/C17H19N3O/c1-13-11-19-16(12-18-13)17(21)20-9-5-8-15(20)10-14-6-3-2-4-7-14/h2-4,6-7,11-12,15H,5,8-10H2,1H3. The number of aromatic nitrogens is 2. The van der Waals surface area contributed by atoms with Crippen molar-refractivity contribution in [3.8, 4) is 0 Å². The molecule has 108 valence electrons. The Morgan fingerprint density at radius 3 is 2.76 bits per heavy atom. The Bertz CT molecular complexity index is 610. The summed E-state index contributed by atoms with van der Waals surface area (Å²) < 4.78 is 0. The van der Waals surface area contributed by atoms with Crippen molar-refractivity contribution >= 4 is 5.91 Å². The van der Waals surface area contributed by atoms with E-state index >= 15 is 0 Å². The zero-order valence-electron chi connectivity index (χ0n) is 12.2. The van der Waals surface area contributed by atoms with Crippen molar-refractivity contribution < 1.29 is 4.79 Å². The number of likely N-dealkylation sites (tertiary alicyclic amines) is 1. The molecule has 1 atom stereocenters. The topological polar surface area (TPSA) is 46.1 Å². The molecular formula is C17H19N3O. The Kier molecular flexibility index (Phi) is 3.95. The molecule has 1 amide bonds. The number of amides is 1. The second-order valence-electron chi connectivity index (χ2n) is 5.53. The van der Waals surface area contributed by atoms with E-state index in [1.54, 1.807) is 12.4 Å². The molecule has 21 heavy (non-hydrogen) atoms. The SMILES string of the molecule is Cc1cnc(C(=O)N2CCCC2Cc2ccccc2)cn1. The van der Waals surface area contributed by atoms with Gasteiger partial charge in [-0.3, -0.25) is 9.78 Å². The Morgan fingerprint density at radius 2 is 2.05 bits per heavy atom. The lowest BCUT2D eigenvalue weighted by Gasteiger charge is -2.24. The van der Waals surface area contributed by atoms with Gasteiger partial charge in [-0.1, -0.05) is 30.3 Å². The highest BCUT2D eigenvalue weighted by Gasteiger charge is 2.30. The van der Waals surface area contributed by atoms with Gasteiger partial charge in [-0.05, 0) is 31.7 Å². The highest BCUT2D eigenvalue weighted by atomic mass is 16.2. The summed E-state index contributed by atoms with van der Waals surface area (Å²) in [5.41, 5.74) is 2.55. The van der Waals surface area contributed by atoms with E-state index in [4.69, 9.17) is 0 Å². The highest BCUT2D eigenvalue weighted by molar-refractivity contribution is 5.92. The number of hydrogen-bond donors (Lipinski definition) is 0. The maximum absolute atomic E-state index is 12.6. The number of carbonyl (C=O) groups excluding carboxylic acids is 1. The number of carbonyl (C=O) groups is 1. The van der Waals surface area contributed by atoms with Gasteiger partial charge in [0.05, 0.1) is 11.9 Å². The summed E-state index contributed by atoms with van der Waals surface area (Å²) in [7, 11) is 0. The van der Waals surface area contributed by atoms with E-state index in [1.807, 2.05) is 30.0 Å². The molecule has 4 heteroatoms. The van der Waals surface area contributed by atoms with Crippen LogP contribution in [-0.4, -0.2) is 33.4 Å². The van der Waals surface area contributed by atoms with E-state index in [0.29, 0.717) is 5.69 Å². The summed E-state index contributed by atoms with van der Waals surface area (Å²) in [6, 6.07) is 10.6. The lowest BCUT2D eigenvalue weighted by atomic mass is 10.0. The van der Waals surface area contributed by atoms with Crippen molar-refractivity contribution in [1.29, 1.82) is 0 Å². The molecule has 1 unspecified atom stereocenters. The molecule has 0 N–H and O–H groups in total. The lowest BCUT2D eigenvalue weighted by molar-refractivity contribution is 0.0730. The fraction of sp³-hybridized carbons (Fsp3) is 0.353. The number of hydrogen-bond acceptors (Lipinski definition) is 3. The number of aryl methyl sites for hydroxylation is 1. The average Bonchev–Trinajstić information content (AvgIpc) is 2.96. The molecule has 0 radical (unpaired) electrons. The summed E-state index contributed by atoms with van der Waals surface area (Å²) in [5.74, 6) is 0.000862. The molecule has 0 saturated carbocycles. The average molecular weight is 281 g/mol. The third-order valence-electron chi connectivity index (χ3n) is 3.95.